The largest absolute Gasteiger partial charge is 0.448 e. The van der Waals surface area contributed by atoms with Crippen LogP contribution in [0.15, 0.2) is 16.5 Å². The number of hydrogen-bond acceptors (Lipinski definition) is 4. The number of nitrogens with zero attached hydrogens (tertiary/aromatic N) is 1. The van der Waals surface area contributed by atoms with Crippen LogP contribution in [-0.4, -0.2) is 43.3 Å². The summed E-state index contributed by atoms with van der Waals surface area (Å²) in [6, 6.07) is 4.50. The molecule has 3 rings (SSSR count). The van der Waals surface area contributed by atoms with E-state index in [0.717, 1.165) is 38.0 Å². The molecule has 0 radical (unpaired) electrons. The Labute approximate surface area is 112 Å². The summed E-state index contributed by atoms with van der Waals surface area (Å²) in [5.74, 6) is 0.870. The van der Waals surface area contributed by atoms with E-state index in [1.807, 2.05) is 6.07 Å². The van der Waals surface area contributed by atoms with Crippen LogP contribution in [0.4, 0.5) is 0 Å². The first kappa shape index (κ1) is 12.5. The number of rotatable bonds is 5. The second-order valence-electron chi connectivity index (χ2n) is 5.06. The molecule has 1 atom stereocenters. The fourth-order valence-corrected chi connectivity index (χ4v) is 2.60. The van der Waals surface area contributed by atoms with Gasteiger partial charge in [0.2, 0.25) is 0 Å². The number of furan rings is 1. The summed E-state index contributed by atoms with van der Waals surface area (Å²) >= 11 is 5.72. The monoisotopic (exact) mass is 270 g/mol. The highest BCUT2D eigenvalue weighted by molar-refractivity contribution is 6.28. The summed E-state index contributed by atoms with van der Waals surface area (Å²) in [5, 5.41) is 3.81. The normalized spacial score (nSPS) is 25.5. The molecule has 1 aliphatic carbocycles. The Morgan fingerprint density at radius 1 is 1.39 bits per heavy atom. The van der Waals surface area contributed by atoms with Gasteiger partial charge >= 0.3 is 0 Å². The van der Waals surface area contributed by atoms with Crippen molar-refractivity contribution in [2.24, 2.45) is 0 Å². The molecule has 1 unspecified atom stereocenters. The quantitative estimate of drug-likeness (QED) is 0.887. The van der Waals surface area contributed by atoms with Crippen LogP contribution in [0, 0.1) is 0 Å². The highest BCUT2D eigenvalue weighted by atomic mass is 35.5. The van der Waals surface area contributed by atoms with Crippen LogP contribution in [0.3, 0.4) is 0 Å². The summed E-state index contributed by atoms with van der Waals surface area (Å²) in [6.07, 6.45) is 3.03. The fourth-order valence-electron chi connectivity index (χ4n) is 2.44. The zero-order valence-electron chi connectivity index (χ0n) is 10.4. The van der Waals surface area contributed by atoms with Crippen molar-refractivity contribution in [3.63, 3.8) is 0 Å². The first-order valence-electron chi connectivity index (χ1n) is 6.62. The van der Waals surface area contributed by atoms with Crippen LogP contribution in [0.2, 0.25) is 5.22 Å². The van der Waals surface area contributed by atoms with Gasteiger partial charge in [-0.15, -0.1) is 0 Å². The molecule has 0 spiro atoms. The summed E-state index contributed by atoms with van der Waals surface area (Å²) in [6.45, 7) is 4.57. The highest BCUT2D eigenvalue weighted by Gasteiger charge is 2.32. The molecule has 1 saturated heterocycles. The minimum absolute atomic E-state index is 0.296. The molecule has 0 aromatic carbocycles. The van der Waals surface area contributed by atoms with Gasteiger partial charge in [0.25, 0.3) is 0 Å². The Hall–Kier alpha value is -0.550. The SMILES string of the molecule is Clc1ccc(CNCC2CN(C3CC3)CCO2)o1. The highest BCUT2D eigenvalue weighted by Crippen LogP contribution is 2.28. The van der Waals surface area contributed by atoms with Gasteiger partial charge < -0.3 is 14.5 Å². The van der Waals surface area contributed by atoms with Crippen LogP contribution in [0.25, 0.3) is 0 Å². The molecule has 100 valence electrons. The van der Waals surface area contributed by atoms with E-state index in [1.54, 1.807) is 6.07 Å². The minimum Gasteiger partial charge on any atom is -0.448 e. The summed E-state index contributed by atoms with van der Waals surface area (Å²) in [4.78, 5) is 2.56. The van der Waals surface area contributed by atoms with Crippen LogP contribution < -0.4 is 5.32 Å². The smallest absolute Gasteiger partial charge is 0.193 e. The third kappa shape index (κ3) is 3.26. The van der Waals surface area contributed by atoms with Gasteiger partial charge in [-0.3, -0.25) is 4.90 Å². The predicted molar refractivity (Wildman–Crippen MR) is 69.8 cm³/mol. The predicted octanol–water partition coefficient (Wildman–Crippen LogP) is 1.89. The average molecular weight is 271 g/mol. The minimum atomic E-state index is 0.296. The van der Waals surface area contributed by atoms with Crippen LogP contribution in [0.1, 0.15) is 18.6 Å². The van der Waals surface area contributed by atoms with Gasteiger partial charge in [0.05, 0.1) is 19.3 Å². The first-order chi connectivity index (χ1) is 8.81. The molecule has 2 aliphatic rings. The molecule has 5 heteroatoms. The van der Waals surface area contributed by atoms with E-state index < -0.39 is 0 Å². The number of halogens is 1. The van der Waals surface area contributed by atoms with E-state index in [2.05, 4.69) is 10.2 Å². The molecular weight excluding hydrogens is 252 g/mol. The van der Waals surface area contributed by atoms with Crippen LogP contribution in [-0.2, 0) is 11.3 Å². The maximum absolute atomic E-state index is 5.77. The van der Waals surface area contributed by atoms with Gasteiger partial charge in [0.15, 0.2) is 5.22 Å². The third-order valence-corrected chi connectivity index (χ3v) is 3.74. The molecule has 1 aliphatic heterocycles. The maximum Gasteiger partial charge on any atom is 0.193 e. The van der Waals surface area contributed by atoms with Gasteiger partial charge in [-0.25, -0.2) is 0 Å². The number of hydrogen-bond donors (Lipinski definition) is 1. The van der Waals surface area contributed by atoms with Crippen molar-refractivity contribution >= 4 is 11.6 Å². The van der Waals surface area contributed by atoms with Gasteiger partial charge in [0.1, 0.15) is 5.76 Å². The van der Waals surface area contributed by atoms with Crippen molar-refractivity contribution in [1.82, 2.24) is 10.2 Å². The Kier molecular flexibility index (Phi) is 3.89. The van der Waals surface area contributed by atoms with E-state index in [0.29, 0.717) is 17.9 Å². The van der Waals surface area contributed by atoms with Crippen molar-refractivity contribution in [1.29, 1.82) is 0 Å². The van der Waals surface area contributed by atoms with Crippen molar-refractivity contribution in [2.45, 2.75) is 31.5 Å². The zero-order chi connectivity index (χ0) is 12.4. The lowest BCUT2D eigenvalue weighted by atomic mass is 10.2. The molecule has 0 amide bonds. The van der Waals surface area contributed by atoms with Crippen molar-refractivity contribution < 1.29 is 9.15 Å². The lowest BCUT2D eigenvalue weighted by Gasteiger charge is -2.33. The second-order valence-corrected chi connectivity index (χ2v) is 5.43. The van der Waals surface area contributed by atoms with Crippen molar-refractivity contribution in [2.75, 3.05) is 26.2 Å². The molecular formula is C13H19ClN2O2. The molecule has 0 bridgehead atoms. The number of nitrogens with one attached hydrogen (secondary N) is 1. The molecule has 1 saturated carbocycles. The molecule has 1 aromatic heterocycles. The van der Waals surface area contributed by atoms with Crippen molar-refractivity contribution in [3.8, 4) is 0 Å². The van der Waals surface area contributed by atoms with E-state index in [-0.39, 0.29) is 0 Å². The summed E-state index contributed by atoms with van der Waals surface area (Å²) in [7, 11) is 0. The fraction of sp³-hybridized carbons (Fsp3) is 0.692. The van der Waals surface area contributed by atoms with Gasteiger partial charge in [0, 0.05) is 25.7 Å². The van der Waals surface area contributed by atoms with E-state index in [9.17, 15) is 0 Å². The number of morpholine rings is 1. The second kappa shape index (κ2) is 5.61. The lowest BCUT2D eigenvalue weighted by molar-refractivity contribution is -0.0302. The Morgan fingerprint density at radius 3 is 3.00 bits per heavy atom. The molecule has 2 heterocycles. The molecule has 1 aromatic rings. The number of ether oxygens (including phenoxy) is 1. The molecule has 1 N–H and O–H groups in total. The Morgan fingerprint density at radius 2 is 2.28 bits per heavy atom. The van der Waals surface area contributed by atoms with Gasteiger partial charge in [-0.2, -0.15) is 0 Å². The standard InChI is InChI=1S/C13H19ClN2O2/c14-13-4-3-11(18-13)7-15-8-12-9-16(5-6-17-12)10-1-2-10/h3-4,10,12,15H,1-2,5-9H2. The molecule has 2 fully saturated rings. The molecule has 18 heavy (non-hydrogen) atoms. The third-order valence-electron chi connectivity index (χ3n) is 3.53. The molecule has 4 nitrogen and oxygen atoms in total. The topological polar surface area (TPSA) is 37.6 Å². The summed E-state index contributed by atoms with van der Waals surface area (Å²) < 4.78 is 11.1. The lowest BCUT2D eigenvalue weighted by Crippen LogP contribution is -2.47. The van der Waals surface area contributed by atoms with Crippen molar-refractivity contribution in [3.05, 3.63) is 23.1 Å². The van der Waals surface area contributed by atoms with E-state index in [4.69, 9.17) is 20.8 Å². The maximum atomic E-state index is 5.77. The van der Waals surface area contributed by atoms with Gasteiger partial charge in [-0.1, -0.05) is 0 Å². The van der Waals surface area contributed by atoms with E-state index in [1.165, 1.54) is 12.8 Å². The van der Waals surface area contributed by atoms with Crippen LogP contribution in [0.5, 0.6) is 0 Å². The average Bonchev–Trinajstić information content (AvgIpc) is 3.14. The zero-order valence-corrected chi connectivity index (χ0v) is 11.2. The van der Waals surface area contributed by atoms with Crippen LogP contribution >= 0.6 is 11.6 Å². The van der Waals surface area contributed by atoms with E-state index >= 15 is 0 Å². The Balaban J connectivity index is 1.39. The Bertz CT molecular complexity index is 392. The first-order valence-corrected chi connectivity index (χ1v) is 6.99. The van der Waals surface area contributed by atoms with Gasteiger partial charge in [-0.05, 0) is 36.6 Å². The summed E-state index contributed by atoms with van der Waals surface area (Å²) in [5.41, 5.74) is 0.